The summed E-state index contributed by atoms with van der Waals surface area (Å²) in [5, 5.41) is 0. The molecule has 0 radical (unpaired) electrons. The van der Waals surface area contributed by atoms with Crippen molar-refractivity contribution in [1.82, 2.24) is 0 Å². The van der Waals surface area contributed by atoms with Gasteiger partial charge in [0, 0.05) is 59.8 Å². The molecule has 0 amide bonds. The topological polar surface area (TPSA) is 42.0 Å². The number of ether oxygens (including phenoxy) is 2. The molecule has 4 aromatic rings. The maximum Gasteiger partial charge on any atom is 0.416 e. The highest BCUT2D eigenvalue weighted by Crippen LogP contribution is 2.50. The highest BCUT2D eigenvalue weighted by molar-refractivity contribution is 5.92. The molecule has 1 atom stereocenters. The van der Waals surface area contributed by atoms with Gasteiger partial charge in [0.05, 0.1) is 18.2 Å². The number of hydrogen-bond acceptors (Lipinski definition) is 5. The Labute approximate surface area is 256 Å². The molecule has 1 heterocycles. The van der Waals surface area contributed by atoms with Crippen molar-refractivity contribution in [2.45, 2.75) is 45.7 Å². The van der Waals surface area contributed by atoms with E-state index in [1.807, 2.05) is 54.3 Å². The Morgan fingerprint density at radius 2 is 1.52 bits per heavy atom. The smallest absolute Gasteiger partial charge is 0.416 e. The molecule has 0 spiro atoms. The summed E-state index contributed by atoms with van der Waals surface area (Å²) >= 11 is 0. The van der Waals surface area contributed by atoms with Gasteiger partial charge in [-0.2, -0.15) is 13.2 Å². The molecule has 1 aliphatic heterocycles. The zero-order chi connectivity index (χ0) is 31.4. The highest BCUT2D eigenvalue weighted by atomic mass is 19.4. The van der Waals surface area contributed by atoms with Crippen LogP contribution in [0.3, 0.4) is 0 Å². The first-order valence-corrected chi connectivity index (χ1v) is 15.0. The molecule has 4 aromatic carbocycles. The van der Waals surface area contributed by atoms with Crippen LogP contribution < -0.4 is 14.5 Å². The van der Waals surface area contributed by atoms with E-state index < -0.39 is 17.7 Å². The molecule has 0 fully saturated rings. The van der Waals surface area contributed by atoms with Crippen LogP contribution in [0.2, 0.25) is 0 Å². The Bertz CT molecular complexity index is 1630. The third kappa shape index (κ3) is 6.11. The number of carbonyl (C=O) groups excluding carboxylic acids is 1. The summed E-state index contributed by atoms with van der Waals surface area (Å²) in [6.07, 6.45) is -2.79. The number of unbranched alkanes of at least 4 members (excludes halogenated alkanes) is 1. The molecule has 0 saturated carbocycles. The molecule has 8 heteroatoms. The molecule has 0 bridgehead atoms. The van der Waals surface area contributed by atoms with Gasteiger partial charge in [0.25, 0.3) is 0 Å². The van der Waals surface area contributed by atoms with Gasteiger partial charge in [0.1, 0.15) is 11.5 Å². The first-order chi connectivity index (χ1) is 21.2. The first-order valence-electron chi connectivity index (χ1n) is 15.0. The summed E-state index contributed by atoms with van der Waals surface area (Å²) in [6.45, 7) is 8.47. The predicted octanol–water partition coefficient (Wildman–Crippen LogP) is 9.56. The second-order valence-electron chi connectivity index (χ2n) is 10.8. The molecule has 1 aliphatic rings. The van der Waals surface area contributed by atoms with Gasteiger partial charge in [-0.15, -0.1) is 0 Å². The molecule has 5 rings (SSSR count). The molecule has 5 nitrogen and oxygen atoms in total. The Kier molecular flexibility index (Phi) is 9.18. The molecule has 0 aromatic heterocycles. The third-order valence-corrected chi connectivity index (χ3v) is 8.17. The van der Waals surface area contributed by atoms with Crippen LogP contribution >= 0.6 is 0 Å². The minimum absolute atomic E-state index is 0.385. The fraction of sp³-hybridized carbons (Fsp3) is 0.306. The van der Waals surface area contributed by atoms with Crippen molar-refractivity contribution in [2.24, 2.45) is 0 Å². The number of nitrogens with zero attached hydrogens (tertiary/aromatic N) is 2. The van der Waals surface area contributed by atoms with Gasteiger partial charge in [0.2, 0.25) is 0 Å². The van der Waals surface area contributed by atoms with Gasteiger partial charge in [0.15, 0.2) is 0 Å². The number of rotatable bonds is 10. The lowest BCUT2D eigenvalue weighted by Gasteiger charge is -2.33. The van der Waals surface area contributed by atoms with Crippen LogP contribution in [0.4, 0.5) is 30.2 Å². The number of fused-ring (bicyclic) bond motifs is 2. The number of hydrogen-bond donors (Lipinski definition) is 0. The second-order valence-corrected chi connectivity index (χ2v) is 10.8. The van der Waals surface area contributed by atoms with Crippen molar-refractivity contribution >= 4 is 23.0 Å². The average molecular weight is 603 g/mol. The number of alkyl halides is 3. The summed E-state index contributed by atoms with van der Waals surface area (Å²) < 4.78 is 52.7. The van der Waals surface area contributed by atoms with E-state index in [2.05, 4.69) is 24.8 Å². The zero-order valence-electron chi connectivity index (χ0n) is 25.4. The van der Waals surface area contributed by atoms with Crippen LogP contribution in [0.5, 0.6) is 11.5 Å². The maximum absolute atomic E-state index is 13.7. The average Bonchev–Trinajstić information content (AvgIpc) is 3.03. The second kappa shape index (κ2) is 13.0. The van der Waals surface area contributed by atoms with Crippen LogP contribution in [-0.4, -0.2) is 32.7 Å². The van der Waals surface area contributed by atoms with Crippen LogP contribution in [0.15, 0.2) is 84.9 Å². The Morgan fingerprint density at radius 3 is 2.23 bits per heavy atom. The molecule has 0 aliphatic carbocycles. The summed E-state index contributed by atoms with van der Waals surface area (Å²) in [5.41, 5.74) is 4.45. The van der Waals surface area contributed by atoms with Crippen molar-refractivity contribution in [3.05, 3.63) is 113 Å². The Balaban J connectivity index is 1.69. The number of carbonyl (C=O) groups is 1. The van der Waals surface area contributed by atoms with Gasteiger partial charge in [-0.25, -0.2) is 4.79 Å². The van der Waals surface area contributed by atoms with Gasteiger partial charge >= 0.3 is 12.1 Å². The van der Waals surface area contributed by atoms with Crippen LogP contribution in [0.1, 0.15) is 72.1 Å². The molecule has 44 heavy (non-hydrogen) atoms. The Hall–Kier alpha value is -4.46. The van der Waals surface area contributed by atoms with E-state index in [1.165, 1.54) is 19.2 Å². The number of halogens is 3. The van der Waals surface area contributed by atoms with E-state index in [4.69, 9.17) is 9.47 Å². The maximum atomic E-state index is 13.7. The fourth-order valence-electron chi connectivity index (χ4n) is 5.90. The molecule has 1 unspecified atom stereocenters. The van der Waals surface area contributed by atoms with Crippen molar-refractivity contribution in [3.63, 3.8) is 0 Å². The van der Waals surface area contributed by atoms with E-state index in [1.54, 1.807) is 18.2 Å². The minimum atomic E-state index is -4.45. The number of anilines is 3. The van der Waals surface area contributed by atoms with Crippen LogP contribution in [-0.2, 0) is 10.9 Å². The third-order valence-electron chi connectivity index (χ3n) is 8.17. The van der Waals surface area contributed by atoms with Gasteiger partial charge in [-0.05, 0) is 74.4 Å². The molecular weight excluding hydrogens is 565 g/mol. The number of esters is 1. The van der Waals surface area contributed by atoms with E-state index in [-0.39, 0.29) is 5.92 Å². The van der Waals surface area contributed by atoms with E-state index in [0.29, 0.717) is 29.3 Å². The molecule has 0 saturated heterocycles. The van der Waals surface area contributed by atoms with E-state index >= 15 is 0 Å². The van der Waals surface area contributed by atoms with Crippen molar-refractivity contribution < 1.29 is 27.4 Å². The standard InChI is InChI=1S/C36H37F3N2O3/c1-5-8-20-41(26-13-11-12-24(21-26)36(37,38)39)27-17-19-32-31(22-27)34(28-14-9-10-15-29(28)35(42)43-4)30-18-16-25(23-33(30)44-32)40(6-2)7-3/h9-19,21-23,34H,5-8,20H2,1-4H3. The zero-order valence-corrected chi connectivity index (χ0v) is 25.4. The molecule has 230 valence electrons. The lowest BCUT2D eigenvalue weighted by Crippen LogP contribution is -2.23. The highest BCUT2D eigenvalue weighted by Gasteiger charge is 2.34. The van der Waals surface area contributed by atoms with E-state index in [0.717, 1.165) is 60.1 Å². The molecular formula is C36H37F3N2O3. The summed E-state index contributed by atoms with van der Waals surface area (Å²) in [5.74, 6) is 0.492. The van der Waals surface area contributed by atoms with Crippen LogP contribution in [0.25, 0.3) is 0 Å². The summed E-state index contributed by atoms with van der Waals surface area (Å²) in [6, 6.07) is 24.7. The van der Waals surface area contributed by atoms with Crippen LogP contribution in [0, 0.1) is 0 Å². The lowest BCUT2D eigenvalue weighted by atomic mass is 9.80. The normalized spacial score (nSPS) is 13.8. The SMILES string of the molecule is CCCCN(c1cccc(C(F)(F)F)c1)c1ccc2c(c1)C(c1ccccc1C(=O)OC)c1ccc(N(CC)CC)cc1O2. The van der Waals surface area contributed by atoms with Crippen molar-refractivity contribution in [1.29, 1.82) is 0 Å². The quantitative estimate of drug-likeness (QED) is 0.149. The first kappa shape index (κ1) is 31.0. The largest absolute Gasteiger partial charge is 0.465 e. The lowest BCUT2D eigenvalue weighted by molar-refractivity contribution is -0.137. The van der Waals surface area contributed by atoms with Gasteiger partial charge in [-0.3, -0.25) is 0 Å². The summed E-state index contributed by atoms with van der Waals surface area (Å²) in [4.78, 5) is 17.1. The van der Waals surface area contributed by atoms with Gasteiger partial charge < -0.3 is 19.3 Å². The van der Waals surface area contributed by atoms with Gasteiger partial charge in [-0.1, -0.05) is 43.7 Å². The minimum Gasteiger partial charge on any atom is -0.465 e. The van der Waals surface area contributed by atoms with E-state index in [9.17, 15) is 18.0 Å². The predicted molar refractivity (Wildman–Crippen MR) is 169 cm³/mol. The molecule has 0 N–H and O–H groups in total. The Morgan fingerprint density at radius 1 is 0.795 bits per heavy atom. The summed E-state index contributed by atoms with van der Waals surface area (Å²) in [7, 11) is 1.36. The van der Waals surface area contributed by atoms with Crippen molar-refractivity contribution in [2.75, 3.05) is 36.5 Å². The number of methoxy groups -OCH3 is 1. The fourth-order valence-corrected chi connectivity index (χ4v) is 5.90. The number of benzene rings is 4. The van der Waals surface area contributed by atoms with Crippen molar-refractivity contribution in [3.8, 4) is 11.5 Å². The monoisotopic (exact) mass is 602 g/mol.